The number of phenols is 1. The molecule has 0 spiro atoms. The third kappa shape index (κ3) is 3.41. The zero-order valence-corrected chi connectivity index (χ0v) is 15.3. The van der Waals surface area contributed by atoms with Crippen molar-refractivity contribution in [1.29, 1.82) is 0 Å². The first-order valence-electron chi connectivity index (χ1n) is 7.60. The Bertz CT molecular complexity index is 951. The Labute approximate surface area is 149 Å². The summed E-state index contributed by atoms with van der Waals surface area (Å²) in [5.41, 5.74) is 8.07. The Morgan fingerprint density at radius 1 is 1.08 bits per heavy atom. The topological polar surface area (TPSA) is 57.5 Å². The minimum absolute atomic E-state index is 0.178. The fourth-order valence-electron chi connectivity index (χ4n) is 2.70. The third-order valence-electron chi connectivity index (χ3n) is 3.83. The Morgan fingerprint density at radius 2 is 1.88 bits per heavy atom. The average Bonchev–Trinajstić information content (AvgIpc) is 2.52. The van der Waals surface area contributed by atoms with Crippen molar-refractivity contribution in [3.8, 4) is 5.75 Å². The lowest BCUT2D eigenvalue weighted by Gasteiger charge is -2.09. The number of halogens is 1. The molecule has 24 heavy (non-hydrogen) atoms. The highest BCUT2D eigenvalue weighted by Gasteiger charge is 2.06. The Kier molecular flexibility index (Phi) is 4.53. The van der Waals surface area contributed by atoms with Gasteiger partial charge in [-0.3, -0.25) is 5.43 Å². The van der Waals surface area contributed by atoms with Crippen molar-refractivity contribution in [2.24, 2.45) is 5.10 Å². The molecule has 3 aromatic rings. The van der Waals surface area contributed by atoms with Gasteiger partial charge in [0.25, 0.3) is 0 Å². The molecular formula is C19H18BrN3O. The molecule has 0 amide bonds. The second-order valence-corrected chi connectivity index (χ2v) is 6.79. The van der Waals surface area contributed by atoms with Crippen molar-refractivity contribution in [2.75, 3.05) is 5.43 Å². The zero-order chi connectivity index (χ0) is 17.3. The summed E-state index contributed by atoms with van der Waals surface area (Å²) >= 11 is 3.38. The number of benzene rings is 2. The number of pyridine rings is 1. The number of hydrazone groups is 1. The van der Waals surface area contributed by atoms with Gasteiger partial charge in [-0.1, -0.05) is 27.6 Å². The average molecular weight is 384 g/mol. The van der Waals surface area contributed by atoms with Crippen LogP contribution in [-0.2, 0) is 0 Å². The summed E-state index contributed by atoms with van der Waals surface area (Å²) in [6.07, 6.45) is 1.57. The molecule has 0 fully saturated rings. The number of phenolic OH excluding ortho intramolecular Hbond substituents is 1. The van der Waals surface area contributed by atoms with Crippen molar-refractivity contribution >= 4 is 38.9 Å². The molecule has 0 saturated heterocycles. The van der Waals surface area contributed by atoms with Crippen LogP contribution in [0.3, 0.4) is 0 Å². The summed E-state index contributed by atoms with van der Waals surface area (Å²) in [5, 5.41) is 15.2. The van der Waals surface area contributed by atoms with Crippen molar-refractivity contribution in [3.63, 3.8) is 0 Å². The van der Waals surface area contributed by atoms with E-state index in [4.69, 9.17) is 0 Å². The molecule has 0 saturated carbocycles. The van der Waals surface area contributed by atoms with Crippen molar-refractivity contribution in [2.45, 2.75) is 20.8 Å². The van der Waals surface area contributed by atoms with E-state index in [1.165, 1.54) is 5.56 Å². The summed E-state index contributed by atoms with van der Waals surface area (Å²) in [6, 6.07) is 11.4. The number of aromatic nitrogens is 1. The summed E-state index contributed by atoms with van der Waals surface area (Å²) in [6.45, 7) is 6.22. The normalized spacial score (nSPS) is 11.3. The van der Waals surface area contributed by atoms with E-state index in [0.717, 1.165) is 26.5 Å². The van der Waals surface area contributed by atoms with Crippen LogP contribution in [0.5, 0.6) is 5.75 Å². The fourth-order valence-corrected chi connectivity index (χ4v) is 3.08. The minimum atomic E-state index is 0.178. The van der Waals surface area contributed by atoms with Gasteiger partial charge in [0.1, 0.15) is 11.6 Å². The van der Waals surface area contributed by atoms with Gasteiger partial charge in [0.15, 0.2) is 0 Å². The maximum Gasteiger partial charge on any atom is 0.147 e. The third-order valence-corrected chi connectivity index (χ3v) is 4.32. The van der Waals surface area contributed by atoms with Crippen molar-refractivity contribution in [3.05, 3.63) is 63.1 Å². The number of nitrogens with one attached hydrogen (secondary N) is 1. The highest BCUT2D eigenvalue weighted by atomic mass is 79.9. The number of nitrogens with zero attached hydrogens (tertiary/aromatic N) is 2. The van der Waals surface area contributed by atoms with E-state index < -0.39 is 0 Å². The van der Waals surface area contributed by atoms with E-state index in [9.17, 15) is 5.11 Å². The van der Waals surface area contributed by atoms with Gasteiger partial charge >= 0.3 is 0 Å². The van der Waals surface area contributed by atoms with Crippen LogP contribution in [0.15, 0.2) is 46.0 Å². The lowest BCUT2D eigenvalue weighted by atomic mass is 10.0. The number of fused-ring (bicyclic) bond motifs is 1. The number of rotatable bonds is 3. The first kappa shape index (κ1) is 16.5. The number of aryl methyl sites for hydroxylation is 3. The second kappa shape index (κ2) is 6.61. The molecule has 0 bridgehead atoms. The van der Waals surface area contributed by atoms with Crippen LogP contribution in [-0.4, -0.2) is 16.3 Å². The maximum absolute atomic E-state index is 9.82. The highest BCUT2D eigenvalue weighted by Crippen LogP contribution is 2.25. The zero-order valence-electron chi connectivity index (χ0n) is 13.8. The molecule has 5 heteroatoms. The quantitative estimate of drug-likeness (QED) is 0.489. The Balaban J connectivity index is 1.90. The predicted octanol–water partition coefficient (Wildman–Crippen LogP) is 5.07. The lowest BCUT2D eigenvalue weighted by molar-refractivity contribution is 0.474. The molecule has 0 unspecified atom stereocenters. The molecule has 0 atom stereocenters. The smallest absolute Gasteiger partial charge is 0.147 e. The van der Waals surface area contributed by atoms with E-state index >= 15 is 0 Å². The lowest BCUT2D eigenvalue weighted by Crippen LogP contribution is -1.97. The van der Waals surface area contributed by atoms with Gasteiger partial charge in [0, 0.05) is 15.4 Å². The summed E-state index contributed by atoms with van der Waals surface area (Å²) in [7, 11) is 0. The molecule has 122 valence electrons. The number of hydrogen-bond donors (Lipinski definition) is 2. The van der Waals surface area contributed by atoms with E-state index in [2.05, 4.69) is 64.3 Å². The fraction of sp³-hybridized carbons (Fsp3) is 0.158. The Morgan fingerprint density at radius 3 is 2.67 bits per heavy atom. The van der Waals surface area contributed by atoms with Crippen molar-refractivity contribution < 1.29 is 5.11 Å². The second-order valence-electron chi connectivity index (χ2n) is 5.88. The first-order valence-corrected chi connectivity index (χ1v) is 8.39. The van der Waals surface area contributed by atoms with Gasteiger partial charge in [0.05, 0.1) is 11.7 Å². The van der Waals surface area contributed by atoms with E-state index in [1.807, 2.05) is 6.07 Å². The molecule has 1 aromatic heterocycles. The molecule has 0 aliphatic heterocycles. The maximum atomic E-state index is 9.82. The number of hydrogen-bond acceptors (Lipinski definition) is 4. The number of anilines is 1. The number of aromatic hydroxyl groups is 1. The molecule has 1 heterocycles. The molecule has 2 N–H and O–H groups in total. The monoisotopic (exact) mass is 383 g/mol. The van der Waals surface area contributed by atoms with Gasteiger partial charge in [0.2, 0.25) is 0 Å². The van der Waals surface area contributed by atoms with Gasteiger partial charge in [-0.05, 0) is 62.2 Å². The molecule has 0 aliphatic rings. The summed E-state index contributed by atoms with van der Waals surface area (Å²) in [5.74, 6) is 0.857. The van der Waals surface area contributed by atoms with Crippen LogP contribution < -0.4 is 5.43 Å². The van der Waals surface area contributed by atoms with Gasteiger partial charge in [-0.25, -0.2) is 4.98 Å². The summed E-state index contributed by atoms with van der Waals surface area (Å²) in [4.78, 5) is 4.65. The largest absolute Gasteiger partial charge is 0.507 e. The van der Waals surface area contributed by atoms with Crippen LogP contribution in [0.4, 0.5) is 5.82 Å². The van der Waals surface area contributed by atoms with Crippen LogP contribution >= 0.6 is 15.9 Å². The van der Waals surface area contributed by atoms with Gasteiger partial charge in [-0.2, -0.15) is 5.10 Å². The standard InChI is InChI=1S/C19H18BrN3O/c1-11-6-13(3)19-16(7-11)12(2)8-18(22-19)23-21-10-14-9-15(20)4-5-17(14)24/h4-10,24H,1-3H3,(H,22,23). The van der Waals surface area contributed by atoms with Crippen LogP contribution in [0, 0.1) is 20.8 Å². The van der Waals surface area contributed by atoms with Gasteiger partial charge < -0.3 is 5.11 Å². The Hall–Kier alpha value is -2.40. The molecule has 0 aliphatic carbocycles. The highest BCUT2D eigenvalue weighted by molar-refractivity contribution is 9.10. The molecular weight excluding hydrogens is 366 g/mol. The van der Waals surface area contributed by atoms with Crippen LogP contribution in [0.2, 0.25) is 0 Å². The SMILES string of the molecule is Cc1cc(C)c2nc(NN=Cc3cc(Br)ccc3O)cc(C)c2c1. The minimum Gasteiger partial charge on any atom is -0.507 e. The van der Waals surface area contributed by atoms with Crippen LogP contribution in [0.25, 0.3) is 10.9 Å². The predicted molar refractivity (Wildman–Crippen MR) is 103 cm³/mol. The molecule has 0 radical (unpaired) electrons. The van der Waals surface area contributed by atoms with E-state index in [1.54, 1.807) is 24.4 Å². The van der Waals surface area contributed by atoms with E-state index in [0.29, 0.717) is 11.4 Å². The summed E-state index contributed by atoms with van der Waals surface area (Å²) < 4.78 is 0.882. The molecule has 4 nitrogen and oxygen atoms in total. The van der Waals surface area contributed by atoms with E-state index in [-0.39, 0.29) is 5.75 Å². The van der Waals surface area contributed by atoms with Gasteiger partial charge in [-0.15, -0.1) is 0 Å². The molecule has 2 aromatic carbocycles. The molecule has 3 rings (SSSR count). The van der Waals surface area contributed by atoms with Crippen molar-refractivity contribution in [1.82, 2.24) is 4.98 Å². The van der Waals surface area contributed by atoms with Crippen LogP contribution in [0.1, 0.15) is 22.3 Å². The first-order chi connectivity index (χ1) is 11.4.